The zero-order valence-corrected chi connectivity index (χ0v) is 13.6. The van der Waals surface area contributed by atoms with Crippen molar-refractivity contribution in [3.8, 4) is 5.75 Å². The lowest BCUT2D eigenvalue weighted by Gasteiger charge is -2.21. The highest BCUT2D eigenvalue weighted by Gasteiger charge is 2.49. The van der Waals surface area contributed by atoms with Crippen molar-refractivity contribution >= 4 is 17.2 Å². The molecular weight excluding hydrogens is 294 g/mol. The average Bonchev–Trinajstić information content (AvgIpc) is 3.21. The molecule has 1 N–H and O–H groups in total. The molecular formula is C17H21N3OS. The van der Waals surface area contributed by atoms with Crippen LogP contribution in [0.2, 0.25) is 0 Å². The highest BCUT2D eigenvalue weighted by atomic mass is 32.1. The van der Waals surface area contributed by atoms with Gasteiger partial charge in [-0.3, -0.25) is 0 Å². The van der Waals surface area contributed by atoms with Gasteiger partial charge in [0.15, 0.2) is 0 Å². The second kappa shape index (κ2) is 6.48. The summed E-state index contributed by atoms with van der Waals surface area (Å²) < 4.78 is 7.58. The second-order valence-electron chi connectivity index (χ2n) is 5.69. The molecule has 0 unspecified atom stereocenters. The lowest BCUT2D eigenvalue weighted by atomic mass is 9.94. The summed E-state index contributed by atoms with van der Waals surface area (Å²) in [5, 5.41) is 3.44. The molecule has 0 saturated heterocycles. The van der Waals surface area contributed by atoms with Gasteiger partial charge in [0.25, 0.3) is 0 Å². The Balaban J connectivity index is 1.57. The molecule has 0 bridgehead atoms. The zero-order chi connectivity index (χ0) is 15.4. The van der Waals surface area contributed by atoms with Crippen LogP contribution in [0.25, 0.3) is 0 Å². The highest BCUT2D eigenvalue weighted by molar-refractivity contribution is 7.80. The lowest BCUT2D eigenvalue weighted by Crippen LogP contribution is -2.34. The molecule has 3 rings (SSSR count). The number of thiocarbonyl (C=S) groups is 1. The maximum absolute atomic E-state index is 5.67. The van der Waals surface area contributed by atoms with Gasteiger partial charge in [-0.2, -0.15) is 0 Å². The zero-order valence-electron chi connectivity index (χ0n) is 12.8. The summed E-state index contributed by atoms with van der Waals surface area (Å²) in [6.45, 7) is 1.84. The Morgan fingerprint density at radius 3 is 2.91 bits per heavy atom. The quantitative estimate of drug-likeness (QED) is 0.630. The van der Waals surface area contributed by atoms with E-state index in [2.05, 4.69) is 27.0 Å². The Hall–Kier alpha value is -1.88. The fourth-order valence-electron chi connectivity index (χ4n) is 2.84. The van der Waals surface area contributed by atoms with Gasteiger partial charge in [0, 0.05) is 36.5 Å². The van der Waals surface area contributed by atoms with E-state index in [1.54, 1.807) is 13.3 Å². The van der Waals surface area contributed by atoms with Crippen LogP contribution in [-0.4, -0.2) is 28.2 Å². The standard InChI is InChI=1S/C17H21N3OS/c1-21-15-6-3-2-5-14(15)17(7-8-17)16(22)19-9-4-11-20-12-10-18-13-20/h2-3,5-6,10,12-13H,4,7-9,11H2,1H3,(H,19,22). The normalized spacial score (nSPS) is 15.3. The van der Waals surface area contributed by atoms with Gasteiger partial charge in [-0.05, 0) is 25.3 Å². The minimum Gasteiger partial charge on any atom is -0.496 e. The first-order valence-corrected chi connectivity index (χ1v) is 8.05. The molecule has 0 radical (unpaired) electrons. The number of hydrogen-bond donors (Lipinski definition) is 1. The van der Waals surface area contributed by atoms with Crippen LogP contribution in [0, 0.1) is 0 Å². The summed E-state index contributed by atoms with van der Waals surface area (Å²) in [6.07, 6.45) is 8.85. The summed E-state index contributed by atoms with van der Waals surface area (Å²) in [5.41, 5.74) is 1.20. The van der Waals surface area contributed by atoms with Gasteiger partial charge >= 0.3 is 0 Å². The Bertz CT molecular complexity index is 635. The van der Waals surface area contributed by atoms with Crippen molar-refractivity contribution < 1.29 is 4.74 Å². The van der Waals surface area contributed by atoms with E-state index in [9.17, 15) is 0 Å². The number of methoxy groups -OCH3 is 1. The molecule has 5 heteroatoms. The summed E-state index contributed by atoms with van der Waals surface area (Å²) in [6, 6.07) is 8.20. The fourth-order valence-corrected chi connectivity index (χ4v) is 3.25. The van der Waals surface area contributed by atoms with Crippen LogP contribution in [0.1, 0.15) is 24.8 Å². The van der Waals surface area contributed by atoms with Crippen molar-refractivity contribution in [3.05, 3.63) is 48.5 Å². The molecule has 4 nitrogen and oxygen atoms in total. The number of nitrogens with one attached hydrogen (secondary N) is 1. The molecule has 1 aromatic heterocycles. The number of benzene rings is 1. The summed E-state index contributed by atoms with van der Waals surface area (Å²) in [7, 11) is 1.72. The van der Waals surface area contributed by atoms with Crippen LogP contribution in [-0.2, 0) is 12.0 Å². The molecule has 1 aliphatic rings. The second-order valence-corrected chi connectivity index (χ2v) is 6.10. The maximum atomic E-state index is 5.67. The molecule has 116 valence electrons. The lowest BCUT2D eigenvalue weighted by molar-refractivity contribution is 0.408. The van der Waals surface area contributed by atoms with Crippen LogP contribution in [0.3, 0.4) is 0 Å². The summed E-state index contributed by atoms with van der Waals surface area (Å²) in [4.78, 5) is 4.99. The van der Waals surface area contributed by atoms with Crippen LogP contribution in [0.15, 0.2) is 43.0 Å². The first kappa shape index (κ1) is 15.0. The third-order valence-electron chi connectivity index (χ3n) is 4.25. The summed E-state index contributed by atoms with van der Waals surface area (Å²) >= 11 is 5.67. The fraction of sp³-hybridized carbons (Fsp3) is 0.412. The number of para-hydroxylation sites is 1. The molecule has 1 fully saturated rings. The highest BCUT2D eigenvalue weighted by Crippen LogP contribution is 2.51. The average molecular weight is 315 g/mol. The van der Waals surface area contributed by atoms with Gasteiger partial charge in [-0.1, -0.05) is 30.4 Å². The number of imidazole rings is 1. The van der Waals surface area contributed by atoms with E-state index in [0.717, 1.165) is 43.1 Å². The number of rotatable bonds is 7. The smallest absolute Gasteiger partial charge is 0.123 e. The third kappa shape index (κ3) is 2.99. The molecule has 22 heavy (non-hydrogen) atoms. The predicted molar refractivity (Wildman–Crippen MR) is 91.4 cm³/mol. The molecule has 0 spiro atoms. The van der Waals surface area contributed by atoms with Gasteiger partial charge in [0.1, 0.15) is 5.75 Å². The van der Waals surface area contributed by atoms with Crippen molar-refractivity contribution in [2.75, 3.05) is 13.7 Å². The van der Waals surface area contributed by atoms with Gasteiger partial charge in [0.2, 0.25) is 0 Å². The van der Waals surface area contributed by atoms with Crippen molar-refractivity contribution in [2.45, 2.75) is 31.2 Å². The largest absolute Gasteiger partial charge is 0.496 e. The topological polar surface area (TPSA) is 39.1 Å². The molecule has 1 heterocycles. The van der Waals surface area contributed by atoms with Crippen LogP contribution in [0.4, 0.5) is 0 Å². The first-order chi connectivity index (χ1) is 10.8. The van der Waals surface area contributed by atoms with Gasteiger partial charge in [-0.15, -0.1) is 0 Å². The van der Waals surface area contributed by atoms with Crippen molar-refractivity contribution in [2.24, 2.45) is 0 Å². The molecule has 1 aromatic carbocycles. The molecule has 1 saturated carbocycles. The van der Waals surface area contributed by atoms with E-state index >= 15 is 0 Å². The van der Waals surface area contributed by atoms with Crippen molar-refractivity contribution in [3.63, 3.8) is 0 Å². The molecule has 0 aliphatic heterocycles. The minimum absolute atomic E-state index is 0.0169. The van der Waals surface area contributed by atoms with Gasteiger partial charge in [-0.25, -0.2) is 4.98 Å². The molecule has 1 aliphatic carbocycles. The van der Waals surface area contributed by atoms with Crippen LogP contribution in [0.5, 0.6) is 5.75 Å². The molecule has 2 aromatic rings. The Morgan fingerprint density at radius 2 is 2.23 bits per heavy atom. The summed E-state index contributed by atoms with van der Waals surface area (Å²) in [5.74, 6) is 0.933. The number of nitrogens with zero attached hydrogens (tertiary/aromatic N) is 2. The van der Waals surface area contributed by atoms with E-state index in [4.69, 9.17) is 17.0 Å². The SMILES string of the molecule is COc1ccccc1C1(C(=S)NCCCn2ccnc2)CC1. The van der Waals surface area contributed by atoms with E-state index in [0.29, 0.717) is 0 Å². The number of aromatic nitrogens is 2. The van der Waals surface area contributed by atoms with Crippen LogP contribution >= 0.6 is 12.2 Å². The van der Waals surface area contributed by atoms with E-state index in [1.807, 2.05) is 24.7 Å². The van der Waals surface area contributed by atoms with Gasteiger partial charge < -0.3 is 14.6 Å². The first-order valence-electron chi connectivity index (χ1n) is 7.64. The van der Waals surface area contributed by atoms with Gasteiger partial charge in [0.05, 0.1) is 18.4 Å². The minimum atomic E-state index is -0.0169. The predicted octanol–water partition coefficient (Wildman–Crippen LogP) is 2.93. The van der Waals surface area contributed by atoms with Crippen molar-refractivity contribution in [1.29, 1.82) is 0 Å². The van der Waals surface area contributed by atoms with Crippen LogP contribution < -0.4 is 10.1 Å². The maximum Gasteiger partial charge on any atom is 0.123 e. The third-order valence-corrected chi connectivity index (χ3v) is 4.78. The number of ether oxygens (including phenoxy) is 1. The Labute approximate surface area is 136 Å². The van der Waals surface area contributed by atoms with E-state index < -0.39 is 0 Å². The Kier molecular flexibility index (Phi) is 4.43. The Morgan fingerprint density at radius 1 is 1.41 bits per heavy atom. The van der Waals surface area contributed by atoms with E-state index in [-0.39, 0.29) is 5.41 Å². The number of aryl methyl sites for hydroxylation is 1. The monoisotopic (exact) mass is 315 g/mol. The van der Waals surface area contributed by atoms with E-state index in [1.165, 1.54) is 5.56 Å². The van der Waals surface area contributed by atoms with Crippen molar-refractivity contribution in [1.82, 2.24) is 14.9 Å². The number of hydrogen-bond acceptors (Lipinski definition) is 3. The molecule has 0 amide bonds. The molecule has 0 atom stereocenters.